The molecule has 0 saturated carbocycles. The van der Waals surface area contributed by atoms with Crippen LogP contribution < -0.4 is 5.32 Å². The molecular formula is C7H13NO. The summed E-state index contributed by atoms with van der Waals surface area (Å²) in [5.74, 6) is 0. The van der Waals surface area contributed by atoms with Gasteiger partial charge in [0.05, 0.1) is 6.61 Å². The number of hydrogen-bond donors (Lipinski definition) is 1. The molecule has 1 heterocycles. The molecule has 0 amide bonds. The van der Waals surface area contributed by atoms with Gasteiger partial charge in [0.1, 0.15) is 5.72 Å². The fourth-order valence-corrected chi connectivity index (χ4v) is 1.05. The molecular weight excluding hydrogens is 114 g/mol. The van der Waals surface area contributed by atoms with Crippen molar-refractivity contribution < 1.29 is 4.74 Å². The van der Waals surface area contributed by atoms with E-state index in [2.05, 4.69) is 18.8 Å². The van der Waals surface area contributed by atoms with Crippen LogP contribution in [0.4, 0.5) is 0 Å². The standard InChI is InChI=1S/C7H13NO/c1-3-7(4-2)8-5-6-9-7/h3,8H,1,4-6H2,2H3. The molecule has 1 N–H and O–H groups in total. The summed E-state index contributed by atoms with van der Waals surface area (Å²) in [6.45, 7) is 7.53. The fraction of sp³-hybridized carbons (Fsp3) is 0.714. The van der Waals surface area contributed by atoms with Crippen LogP contribution in [0.3, 0.4) is 0 Å². The van der Waals surface area contributed by atoms with Crippen LogP contribution in [0.1, 0.15) is 13.3 Å². The van der Waals surface area contributed by atoms with Crippen molar-refractivity contribution in [2.75, 3.05) is 13.2 Å². The first-order valence-corrected chi connectivity index (χ1v) is 3.35. The zero-order valence-corrected chi connectivity index (χ0v) is 5.81. The van der Waals surface area contributed by atoms with Gasteiger partial charge in [0, 0.05) is 6.54 Å². The van der Waals surface area contributed by atoms with E-state index in [9.17, 15) is 0 Å². The zero-order chi connectivity index (χ0) is 6.74. The minimum absolute atomic E-state index is 0.208. The lowest BCUT2D eigenvalue weighted by atomic mass is 10.2. The molecule has 1 aliphatic rings. The Balaban J connectivity index is 2.55. The Labute approximate surface area is 55.9 Å². The second kappa shape index (κ2) is 2.50. The van der Waals surface area contributed by atoms with Gasteiger partial charge in [-0.1, -0.05) is 13.5 Å². The van der Waals surface area contributed by atoms with Crippen molar-refractivity contribution in [2.24, 2.45) is 0 Å². The van der Waals surface area contributed by atoms with Crippen LogP contribution >= 0.6 is 0 Å². The monoisotopic (exact) mass is 127 g/mol. The summed E-state index contributed by atoms with van der Waals surface area (Å²) < 4.78 is 5.41. The average Bonchev–Trinajstić information content (AvgIpc) is 2.36. The second-order valence-corrected chi connectivity index (χ2v) is 2.22. The van der Waals surface area contributed by atoms with E-state index in [-0.39, 0.29) is 5.72 Å². The van der Waals surface area contributed by atoms with E-state index in [1.807, 2.05) is 6.08 Å². The highest BCUT2D eigenvalue weighted by atomic mass is 16.5. The first kappa shape index (κ1) is 6.78. The van der Waals surface area contributed by atoms with Crippen molar-refractivity contribution in [3.8, 4) is 0 Å². The van der Waals surface area contributed by atoms with Crippen LogP contribution in [0, 0.1) is 0 Å². The molecule has 9 heavy (non-hydrogen) atoms. The van der Waals surface area contributed by atoms with Crippen LogP contribution in [-0.2, 0) is 4.74 Å². The molecule has 0 aromatic rings. The number of nitrogens with one attached hydrogen (secondary N) is 1. The highest BCUT2D eigenvalue weighted by Gasteiger charge is 2.28. The van der Waals surface area contributed by atoms with E-state index >= 15 is 0 Å². The molecule has 1 aliphatic heterocycles. The first-order valence-electron chi connectivity index (χ1n) is 3.35. The fourth-order valence-electron chi connectivity index (χ4n) is 1.05. The smallest absolute Gasteiger partial charge is 0.137 e. The van der Waals surface area contributed by atoms with Gasteiger partial charge in [0.2, 0.25) is 0 Å². The maximum Gasteiger partial charge on any atom is 0.137 e. The van der Waals surface area contributed by atoms with Crippen molar-refractivity contribution in [3.05, 3.63) is 12.7 Å². The van der Waals surface area contributed by atoms with Crippen molar-refractivity contribution in [3.63, 3.8) is 0 Å². The Bertz CT molecular complexity index is 105. The Morgan fingerprint density at radius 1 is 1.89 bits per heavy atom. The lowest BCUT2D eigenvalue weighted by Gasteiger charge is -2.21. The lowest BCUT2D eigenvalue weighted by molar-refractivity contribution is 0.0297. The predicted molar refractivity (Wildman–Crippen MR) is 37.2 cm³/mol. The molecule has 0 radical (unpaired) electrons. The maximum atomic E-state index is 5.41. The number of hydrogen-bond acceptors (Lipinski definition) is 2. The van der Waals surface area contributed by atoms with Gasteiger partial charge >= 0.3 is 0 Å². The van der Waals surface area contributed by atoms with Crippen LogP contribution in [0.2, 0.25) is 0 Å². The molecule has 2 nitrogen and oxygen atoms in total. The summed E-state index contributed by atoms with van der Waals surface area (Å²) in [7, 11) is 0. The van der Waals surface area contributed by atoms with Crippen LogP contribution in [0.5, 0.6) is 0 Å². The average molecular weight is 127 g/mol. The van der Waals surface area contributed by atoms with Gasteiger partial charge in [0.15, 0.2) is 0 Å². The van der Waals surface area contributed by atoms with Gasteiger partial charge < -0.3 is 4.74 Å². The van der Waals surface area contributed by atoms with Crippen LogP contribution in [-0.4, -0.2) is 18.9 Å². The summed E-state index contributed by atoms with van der Waals surface area (Å²) >= 11 is 0. The maximum absolute atomic E-state index is 5.41. The lowest BCUT2D eigenvalue weighted by Crippen LogP contribution is -2.37. The summed E-state index contributed by atoms with van der Waals surface area (Å²) in [5, 5.41) is 3.23. The molecule has 1 rings (SSSR count). The van der Waals surface area contributed by atoms with Gasteiger partial charge in [-0.05, 0) is 12.5 Å². The van der Waals surface area contributed by atoms with Gasteiger partial charge in [-0.3, -0.25) is 5.32 Å². The van der Waals surface area contributed by atoms with Gasteiger partial charge in [-0.2, -0.15) is 0 Å². The van der Waals surface area contributed by atoms with Gasteiger partial charge in [-0.25, -0.2) is 0 Å². The molecule has 2 heteroatoms. The molecule has 0 bridgehead atoms. The summed E-state index contributed by atoms with van der Waals surface area (Å²) in [4.78, 5) is 0. The third kappa shape index (κ3) is 1.14. The molecule has 1 unspecified atom stereocenters. The van der Waals surface area contributed by atoms with E-state index in [4.69, 9.17) is 4.74 Å². The summed E-state index contributed by atoms with van der Waals surface area (Å²) in [6.07, 6.45) is 2.79. The molecule has 0 aliphatic carbocycles. The Morgan fingerprint density at radius 2 is 2.67 bits per heavy atom. The normalized spacial score (nSPS) is 34.8. The molecule has 0 aromatic heterocycles. The van der Waals surface area contributed by atoms with Crippen LogP contribution in [0.15, 0.2) is 12.7 Å². The van der Waals surface area contributed by atoms with E-state index in [0.29, 0.717) is 0 Å². The van der Waals surface area contributed by atoms with E-state index in [1.54, 1.807) is 0 Å². The second-order valence-electron chi connectivity index (χ2n) is 2.22. The quantitative estimate of drug-likeness (QED) is 0.556. The molecule has 1 saturated heterocycles. The molecule has 1 fully saturated rings. The van der Waals surface area contributed by atoms with E-state index in [1.165, 1.54) is 0 Å². The summed E-state index contributed by atoms with van der Waals surface area (Å²) in [6, 6.07) is 0. The molecule has 0 aromatic carbocycles. The van der Waals surface area contributed by atoms with Crippen molar-refractivity contribution in [2.45, 2.75) is 19.1 Å². The van der Waals surface area contributed by atoms with E-state index < -0.39 is 0 Å². The third-order valence-corrected chi connectivity index (χ3v) is 1.74. The van der Waals surface area contributed by atoms with E-state index in [0.717, 1.165) is 19.6 Å². The highest BCUT2D eigenvalue weighted by molar-refractivity contribution is 4.96. The van der Waals surface area contributed by atoms with Crippen molar-refractivity contribution in [1.82, 2.24) is 5.32 Å². The Kier molecular flexibility index (Phi) is 1.88. The largest absolute Gasteiger partial charge is 0.356 e. The summed E-state index contributed by atoms with van der Waals surface area (Å²) in [5.41, 5.74) is -0.208. The predicted octanol–water partition coefficient (Wildman–Crippen LogP) is 0.898. The minimum atomic E-state index is -0.208. The first-order chi connectivity index (χ1) is 4.33. The third-order valence-electron chi connectivity index (χ3n) is 1.74. The zero-order valence-electron chi connectivity index (χ0n) is 5.81. The Hall–Kier alpha value is -0.340. The SMILES string of the molecule is C=CC1(CC)NCCO1. The molecule has 0 spiro atoms. The van der Waals surface area contributed by atoms with Crippen LogP contribution in [0.25, 0.3) is 0 Å². The molecule has 52 valence electrons. The van der Waals surface area contributed by atoms with Crippen molar-refractivity contribution >= 4 is 0 Å². The highest BCUT2D eigenvalue weighted by Crippen LogP contribution is 2.16. The Morgan fingerprint density at radius 3 is 2.89 bits per heavy atom. The van der Waals surface area contributed by atoms with Gasteiger partial charge in [0.25, 0.3) is 0 Å². The number of rotatable bonds is 2. The van der Waals surface area contributed by atoms with Crippen molar-refractivity contribution in [1.29, 1.82) is 0 Å². The van der Waals surface area contributed by atoms with Gasteiger partial charge in [-0.15, -0.1) is 0 Å². The molecule has 1 atom stereocenters. The number of ether oxygens (including phenoxy) is 1. The minimum Gasteiger partial charge on any atom is -0.356 e. The topological polar surface area (TPSA) is 21.3 Å².